The molecule has 2 aliphatic heterocycles. The SMILES string of the molecule is CN=C(NCCCc1ccc(C(C)C)cc1)N1CCC2(CCOC2)C1.I. The van der Waals surface area contributed by atoms with Crippen LogP contribution in [0.4, 0.5) is 0 Å². The van der Waals surface area contributed by atoms with Gasteiger partial charge in [-0.1, -0.05) is 38.1 Å². The molecule has 2 saturated heterocycles. The molecule has 1 unspecified atom stereocenters. The Balaban J connectivity index is 0.00000243. The van der Waals surface area contributed by atoms with Crippen molar-refractivity contribution >= 4 is 29.9 Å². The van der Waals surface area contributed by atoms with Crippen LogP contribution in [0.5, 0.6) is 0 Å². The van der Waals surface area contributed by atoms with E-state index in [1.807, 2.05) is 7.05 Å². The average molecular weight is 471 g/mol. The average Bonchev–Trinajstić information content (AvgIpc) is 3.25. The van der Waals surface area contributed by atoms with Crippen LogP contribution in [-0.4, -0.2) is 50.8 Å². The predicted molar refractivity (Wildman–Crippen MR) is 120 cm³/mol. The van der Waals surface area contributed by atoms with Crippen molar-refractivity contribution in [2.45, 2.75) is 45.4 Å². The van der Waals surface area contributed by atoms with Gasteiger partial charge in [0, 0.05) is 38.7 Å². The van der Waals surface area contributed by atoms with Crippen LogP contribution in [0.1, 0.15) is 50.2 Å². The Bertz CT molecular complexity index is 579. The molecular formula is C21H34IN3O. The number of nitrogens with one attached hydrogen (secondary N) is 1. The van der Waals surface area contributed by atoms with E-state index in [-0.39, 0.29) is 24.0 Å². The van der Waals surface area contributed by atoms with Gasteiger partial charge in [0.2, 0.25) is 0 Å². The first-order chi connectivity index (χ1) is 12.1. The van der Waals surface area contributed by atoms with Crippen molar-refractivity contribution in [3.63, 3.8) is 0 Å². The molecule has 0 radical (unpaired) electrons. The Morgan fingerprint density at radius 2 is 2.04 bits per heavy atom. The van der Waals surface area contributed by atoms with Crippen LogP contribution in [0.15, 0.2) is 29.3 Å². The summed E-state index contributed by atoms with van der Waals surface area (Å²) in [5, 5.41) is 3.55. The summed E-state index contributed by atoms with van der Waals surface area (Å²) in [6.45, 7) is 9.49. The Morgan fingerprint density at radius 1 is 1.27 bits per heavy atom. The highest BCUT2D eigenvalue weighted by Gasteiger charge is 2.42. The summed E-state index contributed by atoms with van der Waals surface area (Å²) in [4.78, 5) is 6.90. The fraction of sp³-hybridized carbons (Fsp3) is 0.667. The quantitative estimate of drug-likeness (QED) is 0.305. The predicted octanol–water partition coefficient (Wildman–Crippen LogP) is 4.05. The first kappa shape index (κ1) is 21.5. The van der Waals surface area contributed by atoms with Crippen LogP contribution in [-0.2, 0) is 11.2 Å². The Morgan fingerprint density at radius 3 is 2.65 bits per heavy atom. The number of aliphatic imine (C=N–C) groups is 1. The summed E-state index contributed by atoms with van der Waals surface area (Å²) in [5.41, 5.74) is 3.22. The Hall–Kier alpha value is -0.820. The van der Waals surface area contributed by atoms with Crippen LogP contribution in [0, 0.1) is 5.41 Å². The van der Waals surface area contributed by atoms with Crippen LogP contribution < -0.4 is 5.32 Å². The van der Waals surface area contributed by atoms with Crippen LogP contribution in [0.3, 0.4) is 0 Å². The third-order valence-corrected chi connectivity index (χ3v) is 5.71. The summed E-state index contributed by atoms with van der Waals surface area (Å²) < 4.78 is 5.63. The molecule has 1 aromatic rings. The molecule has 1 N–H and O–H groups in total. The molecule has 1 spiro atoms. The van der Waals surface area contributed by atoms with Crippen LogP contribution >= 0.6 is 24.0 Å². The number of nitrogens with zero attached hydrogens (tertiary/aromatic N) is 2. The molecule has 0 aliphatic carbocycles. The minimum absolute atomic E-state index is 0. The van der Waals surface area contributed by atoms with E-state index >= 15 is 0 Å². The minimum atomic E-state index is 0. The largest absolute Gasteiger partial charge is 0.381 e. The van der Waals surface area contributed by atoms with E-state index in [0.29, 0.717) is 11.3 Å². The van der Waals surface area contributed by atoms with E-state index in [1.165, 1.54) is 24.0 Å². The number of halogens is 1. The third-order valence-electron chi connectivity index (χ3n) is 5.71. The van der Waals surface area contributed by atoms with E-state index in [4.69, 9.17) is 4.74 Å². The van der Waals surface area contributed by atoms with Crippen molar-refractivity contribution in [2.75, 3.05) is 39.9 Å². The summed E-state index contributed by atoms with van der Waals surface area (Å²) >= 11 is 0. The molecule has 146 valence electrons. The number of benzene rings is 1. The van der Waals surface area contributed by atoms with Crippen molar-refractivity contribution < 1.29 is 4.74 Å². The molecule has 26 heavy (non-hydrogen) atoms. The van der Waals surface area contributed by atoms with Gasteiger partial charge in [-0.2, -0.15) is 0 Å². The van der Waals surface area contributed by atoms with Crippen molar-refractivity contribution in [1.29, 1.82) is 0 Å². The molecule has 1 atom stereocenters. The van der Waals surface area contributed by atoms with Crippen LogP contribution in [0.25, 0.3) is 0 Å². The summed E-state index contributed by atoms with van der Waals surface area (Å²) in [7, 11) is 1.89. The van der Waals surface area contributed by atoms with Gasteiger partial charge in [-0.25, -0.2) is 0 Å². The van der Waals surface area contributed by atoms with Gasteiger partial charge < -0.3 is 15.0 Å². The molecule has 0 amide bonds. The van der Waals surface area contributed by atoms with Crippen molar-refractivity contribution in [3.05, 3.63) is 35.4 Å². The van der Waals surface area contributed by atoms with Gasteiger partial charge in [-0.05, 0) is 42.7 Å². The molecule has 5 heteroatoms. The monoisotopic (exact) mass is 471 g/mol. The molecule has 3 rings (SSSR count). The first-order valence-corrected chi connectivity index (χ1v) is 9.74. The lowest BCUT2D eigenvalue weighted by molar-refractivity contribution is 0.156. The lowest BCUT2D eigenvalue weighted by Crippen LogP contribution is -2.41. The molecule has 0 bridgehead atoms. The normalized spacial score (nSPS) is 22.9. The van der Waals surface area contributed by atoms with E-state index in [1.54, 1.807) is 0 Å². The van der Waals surface area contributed by atoms with Gasteiger partial charge in [-0.3, -0.25) is 4.99 Å². The fourth-order valence-corrected chi connectivity index (χ4v) is 3.98. The maximum atomic E-state index is 5.63. The number of likely N-dealkylation sites (tertiary alicyclic amines) is 1. The highest BCUT2D eigenvalue weighted by Crippen LogP contribution is 2.38. The summed E-state index contributed by atoms with van der Waals surface area (Å²) in [5.74, 6) is 1.66. The molecule has 2 fully saturated rings. The van der Waals surface area contributed by atoms with Crippen molar-refractivity contribution in [3.8, 4) is 0 Å². The second kappa shape index (κ2) is 9.93. The molecule has 2 heterocycles. The van der Waals surface area contributed by atoms with Gasteiger partial charge >= 0.3 is 0 Å². The maximum absolute atomic E-state index is 5.63. The fourth-order valence-electron chi connectivity index (χ4n) is 3.98. The Labute approximate surface area is 175 Å². The molecule has 1 aromatic carbocycles. The number of aryl methyl sites for hydroxylation is 1. The van der Waals surface area contributed by atoms with E-state index in [2.05, 4.69) is 53.3 Å². The van der Waals surface area contributed by atoms with E-state index in [9.17, 15) is 0 Å². The number of guanidine groups is 1. The minimum Gasteiger partial charge on any atom is -0.381 e. The maximum Gasteiger partial charge on any atom is 0.193 e. The second-order valence-corrected chi connectivity index (χ2v) is 7.95. The highest BCUT2D eigenvalue weighted by atomic mass is 127. The second-order valence-electron chi connectivity index (χ2n) is 7.95. The number of ether oxygens (including phenoxy) is 1. The summed E-state index contributed by atoms with van der Waals surface area (Å²) in [6.07, 6.45) is 4.67. The number of rotatable bonds is 5. The van der Waals surface area contributed by atoms with Gasteiger partial charge in [-0.15, -0.1) is 24.0 Å². The van der Waals surface area contributed by atoms with E-state index in [0.717, 1.165) is 51.6 Å². The van der Waals surface area contributed by atoms with Gasteiger partial charge in [0.1, 0.15) is 0 Å². The molecule has 0 aromatic heterocycles. The molecular weight excluding hydrogens is 437 g/mol. The summed E-state index contributed by atoms with van der Waals surface area (Å²) in [6, 6.07) is 9.07. The zero-order valence-corrected chi connectivity index (χ0v) is 18.8. The smallest absolute Gasteiger partial charge is 0.193 e. The topological polar surface area (TPSA) is 36.9 Å². The lowest BCUT2D eigenvalue weighted by Gasteiger charge is -2.25. The van der Waals surface area contributed by atoms with Gasteiger partial charge in [0.15, 0.2) is 5.96 Å². The van der Waals surface area contributed by atoms with Crippen molar-refractivity contribution in [1.82, 2.24) is 10.2 Å². The Kier molecular flexibility index (Phi) is 8.20. The molecule has 4 nitrogen and oxygen atoms in total. The zero-order chi connectivity index (χ0) is 17.7. The van der Waals surface area contributed by atoms with Crippen LogP contribution in [0.2, 0.25) is 0 Å². The molecule has 0 saturated carbocycles. The van der Waals surface area contributed by atoms with Gasteiger partial charge in [0.25, 0.3) is 0 Å². The third kappa shape index (κ3) is 5.35. The zero-order valence-electron chi connectivity index (χ0n) is 16.5. The lowest BCUT2D eigenvalue weighted by atomic mass is 9.87. The van der Waals surface area contributed by atoms with Crippen molar-refractivity contribution in [2.24, 2.45) is 10.4 Å². The highest BCUT2D eigenvalue weighted by molar-refractivity contribution is 14.0. The standard InChI is InChI=1S/C21H33N3O.HI/c1-17(2)19-8-6-18(7-9-19)5-4-12-23-20(22-3)24-13-10-21(15-24)11-14-25-16-21;/h6-9,17H,4-5,10-16H2,1-3H3,(H,22,23);1H. The van der Waals surface area contributed by atoms with E-state index < -0.39 is 0 Å². The van der Waals surface area contributed by atoms with Gasteiger partial charge in [0.05, 0.1) is 6.61 Å². The number of hydrogen-bond acceptors (Lipinski definition) is 2. The number of hydrogen-bond donors (Lipinski definition) is 1. The first-order valence-electron chi connectivity index (χ1n) is 9.74. The molecule has 2 aliphatic rings.